The average Bonchev–Trinajstić information content (AvgIpc) is 2.76. The Balaban J connectivity index is 1.39. The van der Waals surface area contributed by atoms with Crippen molar-refractivity contribution in [2.75, 3.05) is 17.2 Å². The van der Waals surface area contributed by atoms with E-state index in [1.54, 1.807) is 25.1 Å². The van der Waals surface area contributed by atoms with Gasteiger partial charge in [-0.15, -0.1) is 0 Å². The lowest BCUT2D eigenvalue weighted by Crippen LogP contribution is -2.21. The Labute approximate surface area is 185 Å². The molecule has 0 radical (unpaired) electrons. The zero-order valence-corrected chi connectivity index (χ0v) is 17.9. The molecule has 2 N–H and O–H groups in total. The maximum atomic E-state index is 12.2. The first-order chi connectivity index (χ1) is 14.9. The Hall–Kier alpha value is -3.38. The maximum Gasteiger partial charge on any atom is 0.306 e. The second-order valence-electron chi connectivity index (χ2n) is 7.05. The van der Waals surface area contributed by atoms with Crippen LogP contribution >= 0.6 is 11.6 Å². The largest absolute Gasteiger partial charge is 0.456 e. The maximum absolute atomic E-state index is 12.2. The molecule has 6 nitrogen and oxygen atoms in total. The summed E-state index contributed by atoms with van der Waals surface area (Å²) >= 11 is 6.02. The highest BCUT2D eigenvalue weighted by Gasteiger charge is 2.11. The number of hydrogen-bond donors (Lipinski definition) is 2. The van der Waals surface area contributed by atoms with Crippen molar-refractivity contribution in [3.63, 3.8) is 0 Å². The van der Waals surface area contributed by atoms with Crippen molar-refractivity contribution in [3.05, 3.63) is 71.2 Å². The van der Waals surface area contributed by atoms with Crippen LogP contribution < -0.4 is 10.6 Å². The van der Waals surface area contributed by atoms with Crippen LogP contribution in [0.25, 0.3) is 10.8 Å². The highest BCUT2D eigenvalue weighted by Crippen LogP contribution is 2.24. The number of nitrogens with one attached hydrogen (secondary N) is 2. The molecule has 0 aromatic heterocycles. The second-order valence-corrected chi connectivity index (χ2v) is 7.46. The number of anilines is 2. The van der Waals surface area contributed by atoms with Crippen LogP contribution in [0.5, 0.6) is 0 Å². The van der Waals surface area contributed by atoms with Crippen LogP contribution in [-0.2, 0) is 19.1 Å². The predicted octanol–water partition coefficient (Wildman–Crippen LogP) is 5.09. The van der Waals surface area contributed by atoms with Crippen molar-refractivity contribution in [3.8, 4) is 0 Å². The number of halogens is 1. The molecule has 3 rings (SSSR count). The van der Waals surface area contributed by atoms with Crippen LogP contribution in [0, 0.1) is 6.92 Å². The van der Waals surface area contributed by atoms with E-state index in [1.807, 2.05) is 42.5 Å². The molecule has 160 valence electrons. The third-order valence-electron chi connectivity index (χ3n) is 4.75. The van der Waals surface area contributed by atoms with Crippen molar-refractivity contribution < 1.29 is 19.1 Å². The van der Waals surface area contributed by atoms with E-state index in [9.17, 15) is 14.4 Å². The Morgan fingerprint density at radius 2 is 1.52 bits per heavy atom. The van der Waals surface area contributed by atoms with Gasteiger partial charge in [0.05, 0.1) is 0 Å². The smallest absolute Gasteiger partial charge is 0.306 e. The van der Waals surface area contributed by atoms with E-state index in [0.29, 0.717) is 17.1 Å². The Bertz CT molecular complexity index is 1110. The molecule has 0 aliphatic heterocycles. The fourth-order valence-corrected chi connectivity index (χ4v) is 3.26. The number of hydrogen-bond acceptors (Lipinski definition) is 4. The van der Waals surface area contributed by atoms with Gasteiger partial charge in [-0.2, -0.15) is 0 Å². The van der Waals surface area contributed by atoms with E-state index in [-0.39, 0.29) is 18.7 Å². The highest BCUT2D eigenvalue weighted by atomic mass is 35.5. The molecule has 0 aliphatic carbocycles. The highest BCUT2D eigenvalue weighted by molar-refractivity contribution is 6.31. The van der Waals surface area contributed by atoms with E-state index in [4.69, 9.17) is 16.3 Å². The summed E-state index contributed by atoms with van der Waals surface area (Å²) in [6, 6.07) is 18.6. The van der Waals surface area contributed by atoms with Crippen LogP contribution in [0.1, 0.15) is 24.8 Å². The molecule has 0 aliphatic rings. The monoisotopic (exact) mass is 438 g/mol. The Morgan fingerprint density at radius 3 is 2.35 bits per heavy atom. The van der Waals surface area contributed by atoms with Gasteiger partial charge < -0.3 is 15.4 Å². The molecule has 0 saturated carbocycles. The summed E-state index contributed by atoms with van der Waals surface area (Å²) in [6.45, 7) is 1.39. The van der Waals surface area contributed by atoms with Crippen molar-refractivity contribution in [2.45, 2.75) is 26.2 Å². The zero-order chi connectivity index (χ0) is 22.2. The third kappa shape index (κ3) is 6.30. The summed E-state index contributed by atoms with van der Waals surface area (Å²) in [5, 5.41) is 8.07. The molecular formula is C24H23ClN2O4. The van der Waals surface area contributed by atoms with Gasteiger partial charge in [-0.05, 0) is 42.5 Å². The topological polar surface area (TPSA) is 84.5 Å². The number of benzene rings is 3. The predicted molar refractivity (Wildman–Crippen MR) is 122 cm³/mol. The molecule has 0 heterocycles. The van der Waals surface area contributed by atoms with Gasteiger partial charge in [0, 0.05) is 34.6 Å². The first kappa shape index (κ1) is 22.3. The van der Waals surface area contributed by atoms with Crippen molar-refractivity contribution in [1.82, 2.24) is 0 Å². The van der Waals surface area contributed by atoms with Crippen LogP contribution in [0.15, 0.2) is 60.7 Å². The number of ether oxygens (including phenoxy) is 1. The number of carbonyl (C=O) groups excluding carboxylic acids is 3. The molecule has 0 saturated heterocycles. The fraction of sp³-hybridized carbons (Fsp3) is 0.208. The van der Waals surface area contributed by atoms with Gasteiger partial charge in [0.2, 0.25) is 5.91 Å². The molecule has 0 unspecified atom stereocenters. The minimum Gasteiger partial charge on any atom is -0.456 e. The molecule has 0 spiro atoms. The van der Waals surface area contributed by atoms with Gasteiger partial charge in [0.15, 0.2) is 6.61 Å². The summed E-state index contributed by atoms with van der Waals surface area (Å²) in [5.74, 6) is -1.17. The number of amides is 2. The number of fused-ring (bicyclic) bond motifs is 1. The van der Waals surface area contributed by atoms with Crippen LogP contribution in [0.2, 0.25) is 5.02 Å². The molecule has 0 bridgehead atoms. The third-order valence-corrected chi connectivity index (χ3v) is 5.16. The van der Waals surface area contributed by atoms with Gasteiger partial charge in [0.25, 0.3) is 5.91 Å². The van der Waals surface area contributed by atoms with E-state index in [0.717, 1.165) is 22.0 Å². The minimum absolute atomic E-state index is 0.0480. The van der Waals surface area contributed by atoms with E-state index in [2.05, 4.69) is 10.6 Å². The minimum atomic E-state index is -0.532. The van der Waals surface area contributed by atoms with Gasteiger partial charge in [-0.1, -0.05) is 54.1 Å². The molecule has 31 heavy (non-hydrogen) atoms. The summed E-state index contributed by atoms with van der Waals surface area (Å²) < 4.78 is 4.99. The quantitative estimate of drug-likeness (QED) is 0.479. The summed E-state index contributed by atoms with van der Waals surface area (Å²) in [5.41, 5.74) is 2.04. The van der Waals surface area contributed by atoms with E-state index in [1.165, 1.54) is 0 Å². The second kappa shape index (κ2) is 10.6. The summed E-state index contributed by atoms with van der Waals surface area (Å²) in [4.78, 5) is 36.1. The molecule has 0 atom stereocenters. The summed E-state index contributed by atoms with van der Waals surface area (Å²) in [7, 11) is 0. The molecule has 2 amide bonds. The average molecular weight is 439 g/mol. The SMILES string of the molecule is Cc1c(Cl)cccc1NC(=O)COC(=O)CCCC(=O)Nc1cccc2ccccc12. The Kier molecular flexibility index (Phi) is 7.62. The first-order valence-electron chi connectivity index (χ1n) is 9.92. The van der Waals surface area contributed by atoms with Gasteiger partial charge >= 0.3 is 5.97 Å². The molecule has 3 aromatic carbocycles. The standard InChI is InChI=1S/C24H23ClN2O4/c1-16-19(25)10-5-11-20(16)26-23(29)15-31-24(30)14-6-13-22(28)27-21-12-4-8-17-7-2-3-9-18(17)21/h2-5,7-12H,6,13-15H2,1H3,(H,26,29)(H,27,28). The fourth-order valence-electron chi connectivity index (χ4n) is 3.09. The number of rotatable bonds is 8. The normalized spacial score (nSPS) is 10.5. The van der Waals surface area contributed by atoms with E-state index >= 15 is 0 Å². The van der Waals surface area contributed by atoms with Gasteiger partial charge in [0.1, 0.15) is 0 Å². The van der Waals surface area contributed by atoms with Gasteiger partial charge in [-0.3, -0.25) is 14.4 Å². The molecule has 3 aromatic rings. The number of esters is 1. The van der Waals surface area contributed by atoms with Crippen molar-refractivity contribution in [1.29, 1.82) is 0 Å². The summed E-state index contributed by atoms with van der Waals surface area (Å²) in [6.07, 6.45) is 0.545. The first-order valence-corrected chi connectivity index (χ1v) is 10.3. The lowest BCUT2D eigenvalue weighted by atomic mass is 10.1. The van der Waals surface area contributed by atoms with E-state index < -0.39 is 18.5 Å². The van der Waals surface area contributed by atoms with Crippen LogP contribution in [-0.4, -0.2) is 24.4 Å². The molecular weight excluding hydrogens is 416 g/mol. The Morgan fingerprint density at radius 1 is 0.839 bits per heavy atom. The van der Waals surface area contributed by atoms with Crippen LogP contribution in [0.4, 0.5) is 11.4 Å². The van der Waals surface area contributed by atoms with Crippen molar-refractivity contribution in [2.24, 2.45) is 0 Å². The van der Waals surface area contributed by atoms with Gasteiger partial charge in [-0.25, -0.2) is 0 Å². The van der Waals surface area contributed by atoms with Crippen LogP contribution in [0.3, 0.4) is 0 Å². The zero-order valence-electron chi connectivity index (χ0n) is 17.1. The molecule has 0 fully saturated rings. The number of carbonyl (C=O) groups is 3. The molecule has 7 heteroatoms. The lowest BCUT2D eigenvalue weighted by Gasteiger charge is -2.10. The lowest BCUT2D eigenvalue weighted by molar-refractivity contribution is -0.147. The van der Waals surface area contributed by atoms with Crippen molar-refractivity contribution >= 4 is 51.5 Å².